The van der Waals surface area contributed by atoms with E-state index < -0.39 is 54.5 Å². The number of thioether (sulfide) groups is 1. The predicted octanol–water partition coefficient (Wildman–Crippen LogP) is -4.29. The lowest BCUT2D eigenvalue weighted by molar-refractivity contribution is -0.142. The smallest absolute Gasteiger partial charge is 0.326 e. The molecule has 0 fully saturated rings. The van der Waals surface area contributed by atoms with Crippen LogP contribution >= 0.6 is 11.8 Å². The minimum Gasteiger partial charge on any atom is -0.480 e. The van der Waals surface area contributed by atoms with Gasteiger partial charge in [-0.1, -0.05) is 0 Å². The average molecular weight is 549 g/mol. The number of aliphatic hydroxyl groups excluding tert-OH is 1. The Morgan fingerprint density at radius 2 is 1.22 bits per heavy atom. The van der Waals surface area contributed by atoms with Crippen molar-refractivity contribution in [3.8, 4) is 0 Å². The van der Waals surface area contributed by atoms with Crippen LogP contribution in [-0.2, 0) is 19.2 Å². The van der Waals surface area contributed by atoms with E-state index in [2.05, 4.69) is 25.9 Å². The van der Waals surface area contributed by atoms with E-state index in [9.17, 15) is 24.3 Å². The Hall–Kier alpha value is -3.31. The molecule has 0 aromatic carbocycles. The third kappa shape index (κ3) is 15.4. The van der Waals surface area contributed by atoms with Crippen molar-refractivity contribution in [3.63, 3.8) is 0 Å². The number of hydrogen-bond acceptors (Lipinski definition) is 9. The number of carbonyl (C=O) groups excluding carboxylic acids is 3. The van der Waals surface area contributed by atoms with Gasteiger partial charge in [-0.2, -0.15) is 11.8 Å². The summed E-state index contributed by atoms with van der Waals surface area (Å²) in [6.45, 7) is -0.271. The van der Waals surface area contributed by atoms with E-state index in [4.69, 9.17) is 33.8 Å². The normalized spacial score (nSPS) is 13.8. The number of aliphatic imine (C=N–C) groups is 2. The molecule has 15 N–H and O–H groups in total. The first kappa shape index (κ1) is 33.7. The zero-order chi connectivity index (χ0) is 28.4. The van der Waals surface area contributed by atoms with Crippen molar-refractivity contribution in [1.82, 2.24) is 16.0 Å². The van der Waals surface area contributed by atoms with Gasteiger partial charge >= 0.3 is 5.97 Å². The van der Waals surface area contributed by atoms with Gasteiger partial charge in [0, 0.05) is 13.1 Å². The second-order valence-corrected chi connectivity index (χ2v) is 8.98. The quantitative estimate of drug-likeness (QED) is 0.0416. The van der Waals surface area contributed by atoms with Gasteiger partial charge in [0.1, 0.15) is 24.2 Å². The Balaban J connectivity index is 5.55. The van der Waals surface area contributed by atoms with Crippen LogP contribution in [-0.4, -0.2) is 102 Å². The number of carboxylic acids is 1. The van der Waals surface area contributed by atoms with E-state index in [-0.39, 0.29) is 57.1 Å². The SMILES string of the molecule is CSCCC(NC(=O)C(N)CO)C(=O)NC(CCCN=C(N)N)C(=O)NC(CCCN=C(N)N)C(=O)O. The molecule has 0 aliphatic carbocycles. The van der Waals surface area contributed by atoms with Gasteiger partial charge in [0.05, 0.1) is 6.61 Å². The predicted molar refractivity (Wildman–Crippen MR) is 141 cm³/mol. The van der Waals surface area contributed by atoms with Gasteiger partial charge in [0.2, 0.25) is 17.7 Å². The highest BCUT2D eigenvalue weighted by atomic mass is 32.2. The molecule has 37 heavy (non-hydrogen) atoms. The molecule has 0 spiro atoms. The number of carboxylic acid groups (broad SMARTS) is 1. The molecule has 3 amide bonds. The van der Waals surface area contributed by atoms with Crippen molar-refractivity contribution < 1.29 is 29.4 Å². The number of aliphatic carboxylic acids is 1. The molecule has 0 heterocycles. The van der Waals surface area contributed by atoms with Crippen molar-refractivity contribution in [3.05, 3.63) is 0 Å². The first-order valence-corrected chi connectivity index (χ1v) is 12.9. The summed E-state index contributed by atoms with van der Waals surface area (Å²) in [6, 6.07) is -4.67. The monoisotopic (exact) mass is 548 g/mol. The van der Waals surface area contributed by atoms with E-state index in [1.807, 2.05) is 6.26 Å². The molecular formula is C20H40N10O6S. The topological polar surface area (TPSA) is 300 Å². The maximum atomic E-state index is 13.0. The maximum Gasteiger partial charge on any atom is 0.326 e. The largest absolute Gasteiger partial charge is 0.480 e. The summed E-state index contributed by atoms with van der Waals surface area (Å²) in [5.41, 5.74) is 26.7. The molecule has 0 rings (SSSR count). The van der Waals surface area contributed by atoms with Gasteiger partial charge in [-0.3, -0.25) is 24.4 Å². The first-order chi connectivity index (χ1) is 17.4. The first-order valence-electron chi connectivity index (χ1n) is 11.5. The fourth-order valence-corrected chi connectivity index (χ4v) is 3.42. The third-order valence-corrected chi connectivity index (χ3v) is 5.56. The lowest BCUT2D eigenvalue weighted by atomic mass is 10.1. The van der Waals surface area contributed by atoms with Crippen LogP contribution in [0.4, 0.5) is 0 Å². The highest BCUT2D eigenvalue weighted by Gasteiger charge is 2.29. The highest BCUT2D eigenvalue weighted by Crippen LogP contribution is 2.06. The summed E-state index contributed by atoms with van der Waals surface area (Å²) in [7, 11) is 0. The van der Waals surface area contributed by atoms with Gasteiger partial charge < -0.3 is 54.8 Å². The van der Waals surface area contributed by atoms with Crippen LogP contribution in [0.15, 0.2) is 9.98 Å². The summed E-state index contributed by atoms with van der Waals surface area (Å²) in [4.78, 5) is 57.4. The molecule has 0 aliphatic rings. The van der Waals surface area contributed by atoms with Gasteiger partial charge in [0.15, 0.2) is 11.9 Å². The number of nitrogens with two attached hydrogens (primary N) is 5. The minimum absolute atomic E-state index is 0.0397. The van der Waals surface area contributed by atoms with Crippen molar-refractivity contribution in [2.24, 2.45) is 38.7 Å². The lowest BCUT2D eigenvalue weighted by Crippen LogP contribution is -2.57. The molecule has 0 saturated heterocycles. The Morgan fingerprint density at radius 1 is 0.784 bits per heavy atom. The Morgan fingerprint density at radius 3 is 1.65 bits per heavy atom. The van der Waals surface area contributed by atoms with E-state index in [1.54, 1.807) is 0 Å². The molecule has 0 radical (unpaired) electrons. The van der Waals surface area contributed by atoms with Crippen LogP contribution in [0.25, 0.3) is 0 Å². The molecule has 0 saturated carbocycles. The third-order valence-electron chi connectivity index (χ3n) is 4.92. The molecule has 0 aromatic heterocycles. The zero-order valence-corrected chi connectivity index (χ0v) is 21.7. The zero-order valence-electron chi connectivity index (χ0n) is 20.9. The Labute approximate surface area is 219 Å². The second kappa shape index (κ2) is 18.9. The summed E-state index contributed by atoms with van der Waals surface area (Å²) < 4.78 is 0. The number of hydrogen-bond donors (Lipinski definition) is 10. The standard InChI is InChI=1S/C20H40N10O6S/c1-37-9-6-13(28-15(32)11(21)10-31)17(34)29-12(4-2-7-26-19(22)23)16(33)30-14(18(35)36)5-3-8-27-20(24)25/h11-14,31H,2-10,21H2,1H3,(H,28,32)(H,29,34)(H,30,33)(H,35,36)(H4,22,23,26)(H4,24,25,27). The van der Waals surface area contributed by atoms with E-state index in [0.29, 0.717) is 5.75 Å². The Bertz CT molecular complexity index is 804. The number of guanidine groups is 2. The summed E-state index contributed by atoms with van der Waals surface area (Å²) >= 11 is 1.44. The molecule has 212 valence electrons. The van der Waals surface area contributed by atoms with Gasteiger partial charge in [-0.05, 0) is 44.1 Å². The van der Waals surface area contributed by atoms with Crippen LogP contribution in [0.3, 0.4) is 0 Å². The van der Waals surface area contributed by atoms with Gasteiger partial charge in [-0.15, -0.1) is 0 Å². The lowest BCUT2D eigenvalue weighted by Gasteiger charge is -2.25. The average Bonchev–Trinajstić information content (AvgIpc) is 2.83. The van der Waals surface area contributed by atoms with Crippen molar-refractivity contribution in [1.29, 1.82) is 0 Å². The molecule has 0 aliphatic heterocycles. The minimum atomic E-state index is -1.27. The summed E-state index contributed by atoms with van der Waals surface area (Å²) in [6.07, 6.45) is 2.73. The Kier molecular flexibility index (Phi) is 17.2. The number of rotatable bonds is 19. The van der Waals surface area contributed by atoms with E-state index in [1.165, 1.54) is 11.8 Å². The van der Waals surface area contributed by atoms with E-state index in [0.717, 1.165) is 0 Å². The maximum absolute atomic E-state index is 13.0. The number of aliphatic hydroxyl groups is 1. The van der Waals surface area contributed by atoms with Gasteiger partial charge in [0.25, 0.3) is 0 Å². The van der Waals surface area contributed by atoms with Crippen LogP contribution in [0.2, 0.25) is 0 Å². The fraction of sp³-hybridized carbons (Fsp3) is 0.700. The van der Waals surface area contributed by atoms with Crippen LogP contribution in [0.5, 0.6) is 0 Å². The number of carbonyl (C=O) groups is 4. The van der Waals surface area contributed by atoms with Crippen molar-refractivity contribution >= 4 is 47.4 Å². The molecule has 17 heteroatoms. The van der Waals surface area contributed by atoms with Crippen LogP contribution in [0.1, 0.15) is 32.1 Å². The van der Waals surface area contributed by atoms with Gasteiger partial charge in [-0.25, -0.2) is 4.79 Å². The molecule has 16 nitrogen and oxygen atoms in total. The van der Waals surface area contributed by atoms with Crippen molar-refractivity contribution in [2.45, 2.75) is 56.3 Å². The van der Waals surface area contributed by atoms with Crippen LogP contribution in [0, 0.1) is 0 Å². The number of amides is 3. The van der Waals surface area contributed by atoms with E-state index >= 15 is 0 Å². The summed E-state index contributed by atoms with van der Waals surface area (Å²) in [5, 5.41) is 26.1. The fourth-order valence-electron chi connectivity index (χ4n) is 2.94. The van der Waals surface area contributed by atoms with Crippen molar-refractivity contribution in [2.75, 3.05) is 31.7 Å². The highest BCUT2D eigenvalue weighted by molar-refractivity contribution is 7.98. The molecule has 0 aromatic rings. The molecule has 4 unspecified atom stereocenters. The second-order valence-electron chi connectivity index (χ2n) is 7.99. The molecular weight excluding hydrogens is 508 g/mol. The molecule has 0 bridgehead atoms. The summed E-state index contributed by atoms with van der Waals surface area (Å²) in [5.74, 6) is -3.19. The number of nitrogens with zero attached hydrogens (tertiary/aromatic N) is 2. The van der Waals surface area contributed by atoms with Crippen LogP contribution < -0.4 is 44.6 Å². The number of nitrogens with one attached hydrogen (secondary N) is 3. The molecule has 4 atom stereocenters.